The van der Waals surface area contributed by atoms with E-state index in [2.05, 4.69) is 20.4 Å². The third kappa shape index (κ3) is 4.57. The van der Waals surface area contributed by atoms with Gasteiger partial charge in [-0.05, 0) is 47.9 Å². The Hall–Kier alpha value is -3.41. The SMILES string of the molecule is CO/N=C/c1ccc(C(=O)NCCc2ccc(-n3cccn3)cc2)cc1. The highest BCUT2D eigenvalue weighted by Gasteiger charge is 2.05. The summed E-state index contributed by atoms with van der Waals surface area (Å²) in [7, 11) is 1.49. The highest BCUT2D eigenvalue weighted by Crippen LogP contribution is 2.09. The van der Waals surface area contributed by atoms with E-state index in [1.54, 1.807) is 24.5 Å². The molecule has 1 aromatic heterocycles. The van der Waals surface area contributed by atoms with Crippen LogP contribution in [0.5, 0.6) is 0 Å². The van der Waals surface area contributed by atoms with Gasteiger partial charge in [-0.15, -0.1) is 0 Å². The molecule has 0 unspecified atom stereocenters. The fourth-order valence-electron chi connectivity index (χ4n) is 2.49. The van der Waals surface area contributed by atoms with Gasteiger partial charge in [0, 0.05) is 24.5 Å². The number of nitrogens with one attached hydrogen (secondary N) is 1. The molecule has 0 saturated carbocycles. The Balaban J connectivity index is 1.49. The molecule has 3 rings (SSSR count). The maximum atomic E-state index is 12.2. The second-order valence-corrected chi connectivity index (χ2v) is 5.66. The molecule has 0 spiro atoms. The molecule has 2 aromatic carbocycles. The third-order valence-corrected chi connectivity index (χ3v) is 3.88. The molecule has 26 heavy (non-hydrogen) atoms. The molecule has 0 fully saturated rings. The first kappa shape index (κ1) is 17.4. The lowest BCUT2D eigenvalue weighted by molar-refractivity contribution is 0.0954. The van der Waals surface area contributed by atoms with Crippen molar-refractivity contribution in [3.63, 3.8) is 0 Å². The van der Waals surface area contributed by atoms with Crippen LogP contribution in [0.2, 0.25) is 0 Å². The molecule has 1 amide bonds. The average Bonchev–Trinajstić information content (AvgIpc) is 3.22. The van der Waals surface area contributed by atoms with Gasteiger partial charge < -0.3 is 10.2 Å². The number of hydrogen-bond donors (Lipinski definition) is 1. The van der Waals surface area contributed by atoms with Gasteiger partial charge in [0.2, 0.25) is 0 Å². The van der Waals surface area contributed by atoms with Crippen molar-refractivity contribution < 1.29 is 9.63 Å². The second-order valence-electron chi connectivity index (χ2n) is 5.66. The summed E-state index contributed by atoms with van der Waals surface area (Å²) >= 11 is 0. The lowest BCUT2D eigenvalue weighted by Gasteiger charge is -2.07. The zero-order chi connectivity index (χ0) is 18.2. The van der Waals surface area contributed by atoms with Crippen LogP contribution in [0, 0.1) is 0 Å². The van der Waals surface area contributed by atoms with Crippen molar-refractivity contribution >= 4 is 12.1 Å². The van der Waals surface area contributed by atoms with Crippen molar-refractivity contribution in [2.75, 3.05) is 13.7 Å². The third-order valence-electron chi connectivity index (χ3n) is 3.88. The quantitative estimate of drug-likeness (QED) is 0.527. The minimum atomic E-state index is -0.0895. The number of oxime groups is 1. The molecule has 0 bridgehead atoms. The molecule has 3 aromatic rings. The minimum Gasteiger partial charge on any atom is -0.399 e. The second kappa shape index (κ2) is 8.62. The van der Waals surface area contributed by atoms with E-state index in [1.165, 1.54) is 7.11 Å². The van der Waals surface area contributed by atoms with E-state index in [0.717, 1.165) is 23.2 Å². The van der Waals surface area contributed by atoms with E-state index in [9.17, 15) is 4.79 Å². The van der Waals surface area contributed by atoms with E-state index in [1.807, 2.05) is 53.3 Å². The molecule has 0 radical (unpaired) electrons. The van der Waals surface area contributed by atoms with E-state index in [4.69, 9.17) is 0 Å². The molecular formula is C20H20N4O2. The van der Waals surface area contributed by atoms with Crippen LogP contribution in [0.25, 0.3) is 5.69 Å². The van der Waals surface area contributed by atoms with Crippen LogP contribution in [0.1, 0.15) is 21.5 Å². The summed E-state index contributed by atoms with van der Waals surface area (Å²) in [5.41, 5.74) is 3.67. The standard InChI is InChI=1S/C20H20N4O2/c1-26-23-15-17-3-7-18(8-4-17)20(25)21-13-11-16-5-9-19(10-6-16)24-14-2-12-22-24/h2-10,12,14-15H,11,13H2,1H3,(H,21,25)/b23-15+. The Morgan fingerprint density at radius 3 is 2.62 bits per heavy atom. The van der Waals surface area contributed by atoms with Crippen molar-refractivity contribution in [2.45, 2.75) is 6.42 Å². The number of carbonyl (C=O) groups excluding carboxylic acids is 1. The summed E-state index contributed by atoms with van der Waals surface area (Å²) in [5, 5.41) is 10.8. The molecule has 132 valence electrons. The van der Waals surface area contributed by atoms with Crippen molar-refractivity contribution in [3.8, 4) is 5.69 Å². The van der Waals surface area contributed by atoms with Crippen LogP contribution < -0.4 is 5.32 Å². The van der Waals surface area contributed by atoms with Gasteiger partial charge in [-0.2, -0.15) is 5.10 Å². The van der Waals surface area contributed by atoms with Crippen molar-refractivity contribution in [1.29, 1.82) is 0 Å². The van der Waals surface area contributed by atoms with Crippen LogP contribution in [0.15, 0.2) is 72.1 Å². The molecule has 0 atom stereocenters. The first-order chi connectivity index (χ1) is 12.8. The number of carbonyl (C=O) groups is 1. The van der Waals surface area contributed by atoms with Gasteiger partial charge in [-0.3, -0.25) is 4.79 Å². The predicted molar refractivity (Wildman–Crippen MR) is 101 cm³/mol. The minimum absolute atomic E-state index is 0.0895. The highest BCUT2D eigenvalue weighted by molar-refractivity contribution is 5.95. The van der Waals surface area contributed by atoms with Crippen molar-refractivity contribution in [1.82, 2.24) is 15.1 Å². The molecule has 6 heteroatoms. The largest absolute Gasteiger partial charge is 0.399 e. The Bertz CT molecular complexity index is 854. The average molecular weight is 348 g/mol. The maximum Gasteiger partial charge on any atom is 0.251 e. The Labute approximate surface area is 152 Å². The zero-order valence-electron chi connectivity index (χ0n) is 14.5. The van der Waals surface area contributed by atoms with Gasteiger partial charge in [0.25, 0.3) is 5.91 Å². The van der Waals surface area contributed by atoms with E-state index in [-0.39, 0.29) is 5.91 Å². The van der Waals surface area contributed by atoms with Gasteiger partial charge in [0.15, 0.2) is 0 Å². The van der Waals surface area contributed by atoms with E-state index >= 15 is 0 Å². The number of amides is 1. The van der Waals surface area contributed by atoms with Crippen molar-refractivity contribution in [3.05, 3.63) is 83.7 Å². The van der Waals surface area contributed by atoms with Gasteiger partial charge in [-0.25, -0.2) is 4.68 Å². The van der Waals surface area contributed by atoms with Crippen LogP contribution >= 0.6 is 0 Å². The maximum absolute atomic E-state index is 12.2. The monoisotopic (exact) mass is 348 g/mol. The lowest BCUT2D eigenvalue weighted by atomic mass is 10.1. The van der Waals surface area contributed by atoms with E-state index < -0.39 is 0 Å². The summed E-state index contributed by atoms with van der Waals surface area (Å²) in [5.74, 6) is -0.0895. The molecule has 6 nitrogen and oxygen atoms in total. The Morgan fingerprint density at radius 1 is 1.19 bits per heavy atom. The zero-order valence-corrected chi connectivity index (χ0v) is 14.5. The number of nitrogens with zero attached hydrogens (tertiary/aromatic N) is 3. The summed E-state index contributed by atoms with van der Waals surface area (Å²) in [6.45, 7) is 0.576. The summed E-state index contributed by atoms with van der Waals surface area (Å²) < 4.78 is 1.81. The molecular weight excluding hydrogens is 328 g/mol. The van der Waals surface area contributed by atoms with Crippen LogP contribution in [-0.4, -0.2) is 35.6 Å². The summed E-state index contributed by atoms with van der Waals surface area (Å²) in [6.07, 6.45) is 6.01. The summed E-state index contributed by atoms with van der Waals surface area (Å²) in [6, 6.07) is 17.2. The fourth-order valence-corrected chi connectivity index (χ4v) is 2.49. The first-order valence-corrected chi connectivity index (χ1v) is 8.30. The van der Waals surface area contributed by atoms with E-state index in [0.29, 0.717) is 12.1 Å². The molecule has 0 aliphatic rings. The number of benzene rings is 2. The molecule has 1 N–H and O–H groups in total. The Morgan fingerprint density at radius 2 is 1.96 bits per heavy atom. The smallest absolute Gasteiger partial charge is 0.251 e. The number of aromatic nitrogens is 2. The Kier molecular flexibility index (Phi) is 5.77. The molecule has 0 saturated heterocycles. The van der Waals surface area contributed by atoms with Gasteiger partial charge >= 0.3 is 0 Å². The van der Waals surface area contributed by atoms with Crippen molar-refractivity contribution in [2.24, 2.45) is 5.16 Å². The van der Waals surface area contributed by atoms with Gasteiger partial charge in [0.05, 0.1) is 11.9 Å². The lowest BCUT2D eigenvalue weighted by Crippen LogP contribution is -2.25. The molecule has 0 aliphatic heterocycles. The van der Waals surface area contributed by atoms with Crippen LogP contribution in [0.4, 0.5) is 0 Å². The van der Waals surface area contributed by atoms with Gasteiger partial charge in [0.1, 0.15) is 7.11 Å². The topological polar surface area (TPSA) is 68.5 Å². The van der Waals surface area contributed by atoms with Crippen LogP contribution in [0.3, 0.4) is 0 Å². The molecule has 1 heterocycles. The van der Waals surface area contributed by atoms with Crippen LogP contribution in [-0.2, 0) is 11.3 Å². The summed E-state index contributed by atoms with van der Waals surface area (Å²) in [4.78, 5) is 16.8. The predicted octanol–water partition coefficient (Wildman–Crippen LogP) is 2.83. The normalized spacial score (nSPS) is 10.8. The first-order valence-electron chi connectivity index (χ1n) is 8.30. The number of hydrogen-bond acceptors (Lipinski definition) is 4. The van der Waals surface area contributed by atoms with Gasteiger partial charge in [-0.1, -0.05) is 29.4 Å². The number of rotatable bonds is 7. The molecule has 0 aliphatic carbocycles. The highest BCUT2D eigenvalue weighted by atomic mass is 16.6. The fraction of sp³-hybridized carbons (Fsp3) is 0.150.